The Morgan fingerprint density at radius 2 is 1.56 bits per heavy atom. The molecule has 1 aliphatic rings. The lowest BCUT2D eigenvalue weighted by atomic mass is 9.98. The van der Waals surface area contributed by atoms with Gasteiger partial charge in [-0.3, -0.25) is 0 Å². The number of hydrogen-bond acceptors (Lipinski definition) is 7. The van der Waals surface area contributed by atoms with Crippen molar-refractivity contribution >= 4 is 31.5 Å². The van der Waals surface area contributed by atoms with E-state index in [0.29, 0.717) is 36.8 Å². The normalized spacial score (nSPS) is 16.3. The maximum atomic E-state index is 12.9. The molecule has 0 bridgehead atoms. The highest BCUT2D eigenvalue weighted by molar-refractivity contribution is 7.90. The van der Waals surface area contributed by atoms with Crippen LogP contribution >= 0.6 is 11.6 Å². The Balaban J connectivity index is 1.41. The number of aromatic nitrogens is 2. The van der Waals surface area contributed by atoms with E-state index < -0.39 is 25.6 Å². The fourth-order valence-corrected chi connectivity index (χ4v) is 6.36. The molecular weight excluding hydrogens is 474 g/mol. The van der Waals surface area contributed by atoms with Gasteiger partial charge in [0.1, 0.15) is 5.75 Å². The Labute approximate surface area is 192 Å². The average Bonchev–Trinajstić information content (AvgIpc) is 3.22. The van der Waals surface area contributed by atoms with Crippen LogP contribution in [0.1, 0.15) is 36.0 Å². The monoisotopic (exact) mass is 495 g/mol. The van der Waals surface area contributed by atoms with Gasteiger partial charge in [0.25, 0.3) is 0 Å². The Kier molecular flexibility index (Phi) is 6.39. The van der Waals surface area contributed by atoms with Gasteiger partial charge in [-0.15, -0.1) is 0 Å². The Bertz CT molecular complexity index is 1300. The van der Waals surface area contributed by atoms with E-state index in [1.165, 1.54) is 28.6 Å². The summed E-state index contributed by atoms with van der Waals surface area (Å²) in [5.74, 6) is -0.110. The molecule has 4 rings (SSSR count). The summed E-state index contributed by atoms with van der Waals surface area (Å²) in [4.78, 5) is 4.67. The Hall–Kier alpha value is -2.27. The number of halogens is 1. The number of benzene rings is 2. The SMILES string of the molecule is Cc1ccc(S(=O)(=O)N2CCC(c3nc(CS(=O)(=O)c4ccc(Cl)cc4)no3)CC2)cc1. The second-order valence-corrected chi connectivity index (χ2v) is 12.1. The number of piperidine rings is 1. The number of rotatable bonds is 6. The highest BCUT2D eigenvalue weighted by Crippen LogP contribution is 2.30. The molecule has 32 heavy (non-hydrogen) atoms. The largest absolute Gasteiger partial charge is 0.339 e. The molecule has 0 aliphatic carbocycles. The summed E-state index contributed by atoms with van der Waals surface area (Å²) in [6.07, 6.45) is 1.02. The van der Waals surface area contributed by atoms with Crippen LogP contribution in [0.4, 0.5) is 0 Å². The first-order valence-electron chi connectivity index (χ1n) is 10.0. The maximum Gasteiger partial charge on any atom is 0.243 e. The second-order valence-electron chi connectivity index (χ2n) is 7.75. The van der Waals surface area contributed by atoms with E-state index in [-0.39, 0.29) is 21.5 Å². The van der Waals surface area contributed by atoms with Crippen molar-refractivity contribution in [3.63, 3.8) is 0 Å². The van der Waals surface area contributed by atoms with Gasteiger partial charge in [0, 0.05) is 24.0 Å². The highest BCUT2D eigenvalue weighted by atomic mass is 35.5. The zero-order chi connectivity index (χ0) is 22.9. The topological polar surface area (TPSA) is 110 Å². The van der Waals surface area contributed by atoms with Gasteiger partial charge >= 0.3 is 0 Å². The van der Waals surface area contributed by atoms with Gasteiger partial charge in [-0.2, -0.15) is 9.29 Å². The standard InChI is InChI=1S/C21H22ClN3O5S2/c1-15-2-6-19(7-3-15)32(28,29)25-12-10-16(11-13-25)21-23-20(24-30-21)14-31(26,27)18-8-4-17(22)5-9-18/h2-9,16H,10-14H2,1H3. The van der Waals surface area contributed by atoms with E-state index >= 15 is 0 Å². The third-order valence-corrected chi connectivity index (χ3v) is 9.23. The fourth-order valence-electron chi connectivity index (χ4n) is 3.59. The molecule has 170 valence electrons. The van der Waals surface area contributed by atoms with Crippen LogP contribution in [0.5, 0.6) is 0 Å². The van der Waals surface area contributed by atoms with E-state index in [1.54, 1.807) is 24.3 Å². The third kappa shape index (κ3) is 4.88. The Morgan fingerprint density at radius 1 is 0.969 bits per heavy atom. The molecule has 0 saturated carbocycles. The molecule has 8 nitrogen and oxygen atoms in total. The van der Waals surface area contributed by atoms with Crippen molar-refractivity contribution in [3.05, 3.63) is 70.8 Å². The lowest BCUT2D eigenvalue weighted by Crippen LogP contribution is -2.37. The van der Waals surface area contributed by atoms with Crippen LogP contribution < -0.4 is 0 Å². The predicted molar refractivity (Wildman–Crippen MR) is 119 cm³/mol. The first-order chi connectivity index (χ1) is 15.1. The molecule has 1 fully saturated rings. The van der Waals surface area contributed by atoms with Crippen LogP contribution in [0.25, 0.3) is 0 Å². The minimum atomic E-state index is -3.64. The minimum Gasteiger partial charge on any atom is -0.339 e. The fraction of sp³-hybridized carbons (Fsp3) is 0.333. The summed E-state index contributed by atoms with van der Waals surface area (Å²) in [6.45, 7) is 2.55. The van der Waals surface area contributed by atoms with Crippen LogP contribution in [0.15, 0.2) is 62.8 Å². The van der Waals surface area contributed by atoms with E-state index in [0.717, 1.165) is 5.56 Å². The van der Waals surface area contributed by atoms with Crippen molar-refractivity contribution in [2.24, 2.45) is 0 Å². The smallest absolute Gasteiger partial charge is 0.243 e. The molecule has 1 saturated heterocycles. The third-order valence-electron chi connectivity index (χ3n) is 5.44. The summed E-state index contributed by atoms with van der Waals surface area (Å²) in [5.41, 5.74) is 0.993. The molecule has 0 amide bonds. The minimum absolute atomic E-state index is 0.0738. The number of sulfonamides is 1. The van der Waals surface area contributed by atoms with Crippen molar-refractivity contribution < 1.29 is 21.4 Å². The number of hydrogen-bond donors (Lipinski definition) is 0. The van der Waals surface area contributed by atoms with Gasteiger partial charge < -0.3 is 4.52 Å². The molecule has 11 heteroatoms. The quantitative estimate of drug-likeness (QED) is 0.514. The predicted octanol–water partition coefficient (Wildman–Crippen LogP) is 3.57. The van der Waals surface area contributed by atoms with Gasteiger partial charge in [0.2, 0.25) is 15.9 Å². The van der Waals surface area contributed by atoms with Crippen LogP contribution in [-0.2, 0) is 25.6 Å². The van der Waals surface area contributed by atoms with E-state index in [1.807, 2.05) is 6.92 Å². The molecule has 1 aliphatic heterocycles. The molecule has 0 atom stereocenters. The molecule has 2 heterocycles. The molecular formula is C21H22ClN3O5S2. The van der Waals surface area contributed by atoms with Gasteiger partial charge in [-0.05, 0) is 56.2 Å². The number of nitrogens with zero attached hydrogens (tertiary/aromatic N) is 3. The van der Waals surface area contributed by atoms with E-state index in [9.17, 15) is 16.8 Å². The summed E-state index contributed by atoms with van der Waals surface area (Å²) >= 11 is 5.82. The lowest BCUT2D eigenvalue weighted by molar-refractivity contribution is 0.270. The van der Waals surface area contributed by atoms with E-state index in [2.05, 4.69) is 10.1 Å². The van der Waals surface area contributed by atoms with Crippen LogP contribution in [-0.4, -0.2) is 44.4 Å². The van der Waals surface area contributed by atoms with Gasteiger partial charge in [-0.1, -0.05) is 34.5 Å². The van der Waals surface area contributed by atoms with E-state index in [4.69, 9.17) is 16.1 Å². The zero-order valence-corrected chi connectivity index (χ0v) is 19.7. The lowest BCUT2D eigenvalue weighted by Gasteiger charge is -2.29. The molecule has 1 aromatic heterocycles. The second kappa shape index (κ2) is 8.93. The number of sulfone groups is 1. The molecule has 0 radical (unpaired) electrons. The van der Waals surface area contributed by atoms with Crippen molar-refractivity contribution in [1.29, 1.82) is 0 Å². The summed E-state index contributed by atoms with van der Waals surface area (Å²) in [6, 6.07) is 12.7. The van der Waals surface area contributed by atoms with Crippen molar-refractivity contribution in [1.82, 2.24) is 14.4 Å². The first kappa shape index (κ1) is 22.9. The van der Waals surface area contributed by atoms with Crippen LogP contribution in [0.3, 0.4) is 0 Å². The van der Waals surface area contributed by atoms with Gasteiger partial charge in [0.05, 0.1) is 9.79 Å². The van der Waals surface area contributed by atoms with Gasteiger partial charge in [0.15, 0.2) is 15.7 Å². The van der Waals surface area contributed by atoms with Crippen LogP contribution in [0.2, 0.25) is 5.02 Å². The van der Waals surface area contributed by atoms with Crippen LogP contribution in [0, 0.1) is 6.92 Å². The zero-order valence-electron chi connectivity index (χ0n) is 17.3. The molecule has 0 spiro atoms. The summed E-state index contributed by atoms with van der Waals surface area (Å²) in [5, 5.41) is 4.27. The summed E-state index contributed by atoms with van der Waals surface area (Å²) < 4.78 is 57.6. The highest BCUT2D eigenvalue weighted by Gasteiger charge is 2.32. The molecule has 2 aromatic carbocycles. The van der Waals surface area contributed by atoms with Gasteiger partial charge in [-0.25, -0.2) is 16.8 Å². The molecule has 0 unspecified atom stereocenters. The first-order valence-corrected chi connectivity index (χ1v) is 13.5. The van der Waals surface area contributed by atoms with Crippen molar-refractivity contribution in [2.75, 3.05) is 13.1 Å². The maximum absolute atomic E-state index is 12.9. The summed E-state index contributed by atoms with van der Waals surface area (Å²) in [7, 11) is -7.20. The molecule has 0 N–H and O–H groups in total. The van der Waals surface area contributed by atoms with Crippen molar-refractivity contribution in [2.45, 2.75) is 41.2 Å². The average molecular weight is 496 g/mol. The molecule has 3 aromatic rings. The van der Waals surface area contributed by atoms with Crippen molar-refractivity contribution in [3.8, 4) is 0 Å². The number of aryl methyl sites for hydroxylation is 1. The Morgan fingerprint density at radius 3 is 2.19 bits per heavy atom.